The van der Waals surface area contributed by atoms with E-state index >= 15 is 0 Å². The Labute approximate surface area is 133 Å². The van der Waals surface area contributed by atoms with Gasteiger partial charge < -0.3 is 15.7 Å². The number of carbonyl (C=O) groups excluding carboxylic acids is 1. The van der Waals surface area contributed by atoms with E-state index in [1.54, 1.807) is 18.2 Å². The number of aliphatic carboxylic acids is 1. The zero-order valence-corrected chi connectivity index (χ0v) is 13.2. The minimum Gasteiger partial charge on any atom is -0.481 e. The van der Waals surface area contributed by atoms with Crippen molar-refractivity contribution < 1.29 is 14.7 Å². The Morgan fingerprint density at radius 3 is 2.48 bits per heavy atom. The summed E-state index contributed by atoms with van der Waals surface area (Å²) in [4.78, 5) is 22.0. The second-order valence-electron chi connectivity index (χ2n) is 4.70. The molecule has 0 saturated carbocycles. The van der Waals surface area contributed by atoms with Crippen LogP contribution in [0, 0.1) is 0 Å². The zero-order valence-electron chi connectivity index (χ0n) is 11.7. The Morgan fingerprint density at radius 2 is 1.90 bits per heavy atom. The van der Waals surface area contributed by atoms with Crippen molar-refractivity contribution in [3.05, 3.63) is 33.8 Å². The first-order valence-corrected chi connectivity index (χ1v) is 7.34. The lowest BCUT2D eigenvalue weighted by Gasteiger charge is -2.16. The molecule has 0 saturated heterocycles. The van der Waals surface area contributed by atoms with Gasteiger partial charge in [-0.05, 0) is 37.5 Å². The van der Waals surface area contributed by atoms with Gasteiger partial charge in [-0.2, -0.15) is 0 Å². The van der Waals surface area contributed by atoms with Gasteiger partial charge in [0.1, 0.15) is 0 Å². The number of urea groups is 1. The number of nitrogens with one attached hydrogen (secondary N) is 2. The minimum absolute atomic E-state index is 0.0328. The topological polar surface area (TPSA) is 78.4 Å². The number of benzene rings is 1. The van der Waals surface area contributed by atoms with Crippen molar-refractivity contribution >= 4 is 35.2 Å². The maximum absolute atomic E-state index is 11.6. The van der Waals surface area contributed by atoms with Crippen LogP contribution in [0.1, 0.15) is 25.3 Å². The molecule has 0 spiro atoms. The Hall–Kier alpha value is -1.46. The summed E-state index contributed by atoms with van der Waals surface area (Å²) in [7, 11) is 0. The van der Waals surface area contributed by atoms with E-state index in [1.165, 1.54) is 0 Å². The number of halogens is 2. The highest BCUT2D eigenvalue weighted by Gasteiger charge is 2.12. The molecule has 0 aliphatic rings. The van der Waals surface area contributed by atoms with Crippen LogP contribution in [-0.2, 0) is 11.2 Å². The lowest BCUT2D eigenvalue weighted by molar-refractivity contribution is -0.137. The highest BCUT2D eigenvalue weighted by Crippen LogP contribution is 2.25. The molecule has 0 aliphatic carbocycles. The lowest BCUT2D eigenvalue weighted by Crippen LogP contribution is -2.42. The van der Waals surface area contributed by atoms with E-state index in [2.05, 4.69) is 10.6 Å². The largest absolute Gasteiger partial charge is 0.481 e. The highest BCUT2D eigenvalue weighted by molar-refractivity contribution is 6.36. The van der Waals surface area contributed by atoms with Gasteiger partial charge in [-0.25, -0.2) is 4.79 Å². The molecule has 1 aromatic carbocycles. The van der Waals surface area contributed by atoms with Gasteiger partial charge in [0.05, 0.1) is 0 Å². The first kappa shape index (κ1) is 17.6. The molecule has 5 nitrogen and oxygen atoms in total. The Morgan fingerprint density at radius 1 is 1.29 bits per heavy atom. The summed E-state index contributed by atoms with van der Waals surface area (Å²) in [6.45, 7) is 2.16. The predicted octanol–water partition coefficient (Wildman–Crippen LogP) is 3.09. The standard InChI is InChI=1S/C14H18Cl2N2O3/c1-9(8-10-11(15)4-2-5-12(10)16)18-14(21)17-7-3-6-13(19)20/h2,4-5,9H,3,6-8H2,1H3,(H,19,20)(H2,17,18,21). The van der Waals surface area contributed by atoms with Crippen LogP contribution in [0.5, 0.6) is 0 Å². The Bertz CT molecular complexity index is 489. The molecule has 0 radical (unpaired) electrons. The van der Waals surface area contributed by atoms with E-state index in [0.717, 1.165) is 5.56 Å². The van der Waals surface area contributed by atoms with Crippen molar-refractivity contribution in [3.63, 3.8) is 0 Å². The second kappa shape index (κ2) is 8.74. The fourth-order valence-electron chi connectivity index (χ4n) is 1.80. The van der Waals surface area contributed by atoms with E-state index in [0.29, 0.717) is 29.4 Å². The van der Waals surface area contributed by atoms with Gasteiger partial charge in [0, 0.05) is 29.1 Å². The number of rotatable bonds is 7. The van der Waals surface area contributed by atoms with Gasteiger partial charge in [-0.1, -0.05) is 29.3 Å². The van der Waals surface area contributed by atoms with E-state index in [4.69, 9.17) is 28.3 Å². The average molecular weight is 333 g/mol. The number of carboxylic acids is 1. The molecule has 3 N–H and O–H groups in total. The smallest absolute Gasteiger partial charge is 0.315 e. The molecule has 0 bridgehead atoms. The maximum Gasteiger partial charge on any atom is 0.315 e. The second-order valence-corrected chi connectivity index (χ2v) is 5.52. The number of hydrogen-bond acceptors (Lipinski definition) is 2. The van der Waals surface area contributed by atoms with Gasteiger partial charge >= 0.3 is 12.0 Å². The predicted molar refractivity (Wildman–Crippen MR) is 83.0 cm³/mol. The molecule has 0 heterocycles. The lowest BCUT2D eigenvalue weighted by atomic mass is 10.1. The van der Waals surface area contributed by atoms with Crippen LogP contribution in [0.15, 0.2) is 18.2 Å². The van der Waals surface area contributed by atoms with E-state index in [1.807, 2.05) is 6.92 Å². The number of carboxylic acid groups (broad SMARTS) is 1. The van der Waals surface area contributed by atoms with Crippen molar-refractivity contribution in [1.29, 1.82) is 0 Å². The number of hydrogen-bond donors (Lipinski definition) is 3. The minimum atomic E-state index is -0.876. The van der Waals surface area contributed by atoms with Crippen LogP contribution in [0.25, 0.3) is 0 Å². The average Bonchev–Trinajstić information content (AvgIpc) is 2.39. The summed E-state index contributed by atoms with van der Waals surface area (Å²) >= 11 is 12.1. The van der Waals surface area contributed by atoms with E-state index in [9.17, 15) is 9.59 Å². The SMILES string of the molecule is CC(Cc1c(Cl)cccc1Cl)NC(=O)NCCCC(=O)O. The summed E-state index contributed by atoms with van der Waals surface area (Å²) in [5.41, 5.74) is 0.791. The van der Waals surface area contributed by atoms with Crippen LogP contribution >= 0.6 is 23.2 Å². The van der Waals surface area contributed by atoms with E-state index in [-0.39, 0.29) is 18.5 Å². The molecular formula is C14H18Cl2N2O3. The van der Waals surface area contributed by atoms with Gasteiger partial charge in [0.25, 0.3) is 0 Å². The number of amides is 2. The molecule has 2 amide bonds. The van der Waals surface area contributed by atoms with Crippen molar-refractivity contribution in [1.82, 2.24) is 10.6 Å². The monoisotopic (exact) mass is 332 g/mol. The summed E-state index contributed by atoms with van der Waals surface area (Å²) < 4.78 is 0. The normalized spacial score (nSPS) is 11.8. The summed E-state index contributed by atoms with van der Waals surface area (Å²) in [6, 6.07) is 4.78. The molecular weight excluding hydrogens is 315 g/mol. The van der Waals surface area contributed by atoms with E-state index < -0.39 is 5.97 Å². The summed E-state index contributed by atoms with van der Waals surface area (Å²) in [5.74, 6) is -0.876. The third-order valence-corrected chi connectivity index (χ3v) is 3.51. The first-order valence-electron chi connectivity index (χ1n) is 6.59. The van der Waals surface area contributed by atoms with Gasteiger partial charge in [0.15, 0.2) is 0 Å². The summed E-state index contributed by atoms with van der Waals surface area (Å²) in [5, 5.41) is 15.0. The summed E-state index contributed by atoms with van der Waals surface area (Å²) in [6.07, 6.45) is 0.944. The maximum atomic E-state index is 11.6. The third kappa shape index (κ3) is 6.69. The van der Waals surface area contributed by atoms with Crippen molar-refractivity contribution in [2.75, 3.05) is 6.54 Å². The van der Waals surface area contributed by atoms with Crippen LogP contribution in [0.2, 0.25) is 10.0 Å². The zero-order chi connectivity index (χ0) is 15.8. The van der Waals surface area contributed by atoms with Crippen molar-refractivity contribution in [2.24, 2.45) is 0 Å². The fraction of sp³-hybridized carbons (Fsp3) is 0.429. The van der Waals surface area contributed by atoms with Gasteiger partial charge in [0.2, 0.25) is 0 Å². The molecule has 0 aliphatic heterocycles. The molecule has 7 heteroatoms. The van der Waals surface area contributed by atoms with Crippen LogP contribution < -0.4 is 10.6 Å². The van der Waals surface area contributed by atoms with Crippen LogP contribution in [0.3, 0.4) is 0 Å². The van der Waals surface area contributed by atoms with Crippen molar-refractivity contribution in [2.45, 2.75) is 32.2 Å². The molecule has 1 atom stereocenters. The first-order chi connectivity index (χ1) is 9.90. The van der Waals surface area contributed by atoms with Crippen molar-refractivity contribution in [3.8, 4) is 0 Å². The molecule has 0 aromatic heterocycles. The Balaban J connectivity index is 2.38. The Kier molecular flexibility index (Phi) is 7.32. The molecule has 1 aromatic rings. The van der Waals surface area contributed by atoms with Gasteiger partial charge in [-0.15, -0.1) is 0 Å². The quantitative estimate of drug-likeness (QED) is 0.671. The molecule has 116 valence electrons. The molecule has 1 rings (SSSR count). The highest BCUT2D eigenvalue weighted by atomic mass is 35.5. The molecule has 1 unspecified atom stereocenters. The molecule has 21 heavy (non-hydrogen) atoms. The molecule has 0 fully saturated rings. The number of carbonyl (C=O) groups is 2. The van der Waals surface area contributed by atoms with Crippen LogP contribution in [0.4, 0.5) is 4.79 Å². The van der Waals surface area contributed by atoms with Gasteiger partial charge in [-0.3, -0.25) is 4.79 Å². The van der Waals surface area contributed by atoms with Crippen LogP contribution in [-0.4, -0.2) is 29.7 Å². The third-order valence-electron chi connectivity index (χ3n) is 2.80. The fourth-order valence-corrected chi connectivity index (χ4v) is 2.35.